The molecule has 150 valence electrons. The molecule has 10 heteroatoms. The third-order valence-electron chi connectivity index (χ3n) is 3.69. The molecule has 1 heterocycles. The molecule has 0 amide bonds. The molecule has 0 fully saturated rings. The lowest BCUT2D eigenvalue weighted by Gasteiger charge is -2.15. The Hall–Kier alpha value is -2.80. The van der Waals surface area contributed by atoms with Crippen molar-refractivity contribution in [1.82, 2.24) is 9.13 Å². The molecule has 0 bridgehead atoms. The summed E-state index contributed by atoms with van der Waals surface area (Å²) in [5, 5.41) is 0. The highest BCUT2D eigenvalue weighted by molar-refractivity contribution is 6.83. The number of halogens is 4. The second kappa shape index (κ2) is 7.31. The van der Waals surface area contributed by atoms with Gasteiger partial charge in [-0.05, 0) is 6.07 Å². The van der Waals surface area contributed by atoms with E-state index in [9.17, 15) is 27.2 Å². The van der Waals surface area contributed by atoms with Gasteiger partial charge in [-0.25, -0.2) is 13.8 Å². The van der Waals surface area contributed by atoms with E-state index in [-0.39, 0.29) is 21.9 Å². The molecule has 0 radical (unpaired) electrons. The maximum atomic E-state index is 14.7. The summed E-state index contributed by atoms with van der Waals surface area (Å²) in [5.41, 5.74) is -1.34. The van der Waals surface area contributed by atoms with Gasteiger partial charge in [-0.3, -0.25) is 9.36 Å². The van der Waals surface area contributed by atoms with E-state index in [0.29, 0.717) is 4.57 Å². The van der Waals surface area contributed by atoms with Crippen LogP contribution >= 0.6 is 0 Å². The molecule has 2 aromatic rings. The van der Waals surface area contributed by atoms with Crippen molar-refractivity contribution >= 4 is 8.07 Å². The fourth-order valence-corrected chi connectivity index (χ4v) is 2.86. The Kier molecular flexibility index (Phi) is 5.61. The second-order valence-corrected chi connectivity index (χ2v) is 11.8. The zero-order chi connectivity index (χ0) is 21.4. The first-order valence-electron chi connectivity index (χ1n) is 8.07. The number of hydrogen-bond donors (Lipinski definition) is 0. The highest BCUT2D eigenvalue weighted by Gasteiger charge is 2.35. The smallest absolute Gasteiger partial charge is 0.431 e. The molecule has 28 heavy (non-hydrogen) atoms. The Labute approximate surface area is 159 Å². The molecule has 0 unspecified atom stereocenters. The maximum Gasteiger partial charge on any atom is 0.431 e. The number of alkyl halides is 3. The van der Waals surface area contributed by atoms with E-state index < -0.39 is 42.7 Å². The third kappa shape index (κ3) is 4.36. The van der Waals surface area contributed by atoms with Gasteiger partial charge in [-0.1, -0.05) is 25.6 Å². The van der Waals surface area contributed by atoms with Crippen LogP contribution < -0.4 is 16.0 Å². The minimum absolute atomic E-state index is 0.0935. The summed E-state index contributed by atoms with van der Waals surface area (Å²) in [7, 11) is 0.373. The molecule has 0 aliphatic rings. The zero-order valence-electron chi connectivity index (χ0n) is 15.9. The Morgan fingerprint density at radius 2 is 1.71 bits per heavy atom. The van der Waals surface area contributed by atoms with Gasteiger partial charge < -0.3 is 4.74 Å². The molecule has 0 aliphatic carbocycles. The van der Waals surface area contributed by atoms with Crippen molar-refractivity contribution in [2.45, 2.75) is 25.8 Å². The van der Waals surface area contributed by atoms with Gasteiger partial charge in [0.15, 0.2) is 0 Å². The van der Waals surface area contributed by atoms with Crippen LogP contribution in [0.25, 0.3) is 5.69 Å². The molecule has 5 nitrogen and oxygen atoms in total. The van der Waals surface area contributed by atoms with Crippen LogP contribution in [-0.2, 0) is 13.2 Å². The van der Waals surface area contributed by atoms with Crippen molar-refractivity contribution < 1.29 is 22.3 Å². The number of benzene rings is 1. The number of methoxy groups -OCH3 is 1. The van der Waals surface area contributed by atoms with Gasteiger partial charge >= 0.3 is 11.9 Å². The molecular formula is C18H18F4N2O3Si. The Morgan fingerprint density at radius 3 is 2.21 bits per heavy atom. The lowest BCUT2D eigenvalue weighted by atomic mass is 10.1. The number of nitrogens with zero attached hydrogens (tertiary/aromatic N) is 2. The predicted octanol–water partition coefficient (Wildman–Crippen LogP) is 2.93. The Morgan fingerprint density at radius 1 is 1.11 bits per heavy atom. The average Bonchev–Trinajstić information content (AvgIpc) is 2.56. The molecule has 0 aliphatic heterocycles. The van der Waals surface area contributed by atoms with Crippen molar-refractivity contribution in [3.05, 3.63) is 56.1 Å². The lowest BCUT2D eigenvalue weighted by Crippen LogP contribution is -2.41. The first kappa shape index (κ1) is 21.5. The molecule has 2 rings (SSSR count). The molecule has 0 spiro atoms. The molecule has 0 saturated heterocycles. The van der Waals surface area contributed by atoms with Crippen LogP contribution in [-0.4, -0.2) is 24.3 Å². The SMILES string of the molecule is COc1cc(-n2c(=O)cc(C(F)(F)F)n(C)c2=O)c(F)cc1C#C[Si](C)(C)C. The van der Waals surface area contributed by atoms with E-state index in [1.54, 1.807) is 0 Å². The van der Waals surface area contributed by atoms with Crippen LogP contribution in [0.5, 0.6) is 5.75 Å². The van der Waals surface area contributed by atoms with Crippen LogP contribution in [0.2, 0.25) is 19.6 Å². The topological polar surface area (TPSA) is 53.2 Å². The van der Waals surface area contributed by atoms with Gasteiger partial charge in [0, 0.05) is 19.2 Å². The molecule has 0 saturated carbocycles. The standard InChI is InChI=1S/C18H18F4N2O3Si/c1-23-15(18(20,21)22)10-16(25)24(17(23)26)13-9-14(27-2)11(8-12(13)19)6-7-28(3,4)5/h8-10H,1-5H3. The fraction of sp³-hybridized carbons (Fsp3) is 0.333. The van der Waals surface area contributed by atoms with Crippen molar-refractivity contribution in [2.24, 2.45) is 7.05 Å². The number of aromatic nitrogens is 2. The van der Waals surface area contributed by atoms with E-state index >= 15 is 0 Å². The van der Waals surface area contributed by atoms with Crippen molar-refractivity contribution in [2.75, 3.05) is 7.11 Å². The Balaban J connectivity index is 2.77. The average molecular weight is 414 g/mol. The normalized spacial score (nSPS) is 11.8. The van der Waals surface area contributed by atoms with Gasteiger partial charge in [0.05, 0.1) is 18.4 Å². The van der Waals surface area contributed by atoms with Crippen LogP contribution in [0, 0.1) is 17.3 Å². The van der Waals surface area contributed by atoms with Crippen molar-refractivity contribution in [3.63, 3.8) is 0 Å². The van der Waals surface area contributed by atoms with Crippen LogP contribution in [0.15, 0.2) is 27.8 Å². The van der Waals surface area contributed by atoms with Crippen molar-refractivity contribution in [1.29, 1.82) is 0 Å². The van der Waals surface area contributed by atoms with Crippen molar-refractivity contribution in [3.8, 4) is 22.9 Å². The molecule has 0 N–H and O–H groups in total. The highest BCUT2D eigenvalue weighted by Crippen LogP contribution is 2.28. The number of rotatable bonds is 2. The fourth-order valence-electron chi connectivity index (χ4n) is 2.35. The van der Waals surface area contributed by atoms with E-state index in [1.165, 1.54) is 7.11 Å². The highest BCUT2D eigenvalue weighted by atomic mass is 28.3. The summed E-state index contributed by atoms with van der Waals surface area (Å²) < 4.78 is 59.3. The quantitative estimate of drug-likeness (QED) is 0.431. The maximum absolute atomic E-state index is 14.7. The Bertz CT molecular complexity index is 1100. The monoisotopic (exact) mass is 414 g/mol. The summed E-state index contributed by atoms with van der Waals surface area (Å²) in [6.07, 6.45) is -4.90. The van der Waals surface area contributed by atoms with Crippen LogP contribution in [0.3, 0.4) is 0 Å². The summed E-state index contributed by atoms with van der Waals surface area (Å²) in [4.78, 5) is 24.5. The first-order valence-corrected chi connectivity index (χ1v) is 11.6. The first-order chi connectivity index (χ1) is 12.8. The molecular weight excluding hydrogens is 396 g/mol. The molecule has 1 aromatic heterocycles. The number of hydrogen-bond acceptors (Lipinski definition) is 3. The predicted molar refractivity (Wildman–Crippen MR) is 99.0 cm³/mol. The lowest BCUT2D eigenvalue weighted by molar-refractivity contribution is -0.144. The van der Waals surface area contributed by atoms with Crippen LogP contribution in [0.1, 0.15) is 11.3 Å². The van der Waals surface area contributed by atoms with Gasteiger partial charge in [0.2, 0.25) is 0 Å². The van der Waals surface area contributed by atoms with Gasteiger partial charge in [0.25, 0.3) is 5.56 Å². The summed E-state index contributed by atoms with van der Waals surface area (Å²) in [6.45, 7) is 5.97. The molecule has 0 atom stereocenters. The minimum atomic E-state index is -4.90. The van der Waals surface area contributed by atoms with E-state index in [2.05, 4.69) is 11.5 Å². The number of ether oxygens (including phenoxy) is 1. The minimum Gasteiger partial charge on any atom is -0.495 e. The summed E-state index contributed by atoms with van der Waals surface area (Å²) >= 11 is 0. The van der Waals surface area contributed by atoms with E-state index in [4.69, 9.17) is 4.74 Å². The van der Waals surface area contributed by atoms with Crippen LogP contribution in [0.4, 0.5) is 17.6 Å². The zero-order valence-corrected chi connectivity index (χ0v) is 16.9. The summed E-state index contributed by atoms with van der Waals surface area (Å²) in [5.74, 6) is 1.93. The largest absolute Gasteiger partial charge is 0.495 e. The van der Waals surface area contributed by atoms with Gasteiger partial charge in [-0.2, -0.15) is 13.2 Å². The van der Waals surface area contributed by atoms with E-state index in [1.807, 2.05) is 19.6 Å². The third-order valence-corrected chi connectivity index (χ3v) is 4.57. The van der Waals surface area contributed by atoms with Gasteiger partial charge in [-0.15, -0.1) is 5.54 Å². The second-order valence-electron chi connectivity index (χ2n) is 7.05. The molecule has 1 aromatic carbocycles. The van der Waals surface area contributed by atoms with E-state index in [0.717, 1.165) is 19.2 Å². The summed E-state index contributed by atoms with van der Waals surface area (Å²) in [6, 6.07) is 2.30. The van der Waals surface area contributed by atoms with Gasteiger partial charge in [0.1, 0.15) is 25.3 Å².